The predicted octanol–water partition coefficient (Wildman–Crippen LogP) is 3.83. The van der Waals surface area contributed by atoms with E-state index >= 15 is 0 Å². The van der Waals surface area contributed by atoms with Crippen molar-refractivity contribution in [2.24, 2.45) is 0 Å². The van der Waals surface area contributed by atoms with Gasteiger partial charge in [-0.1, -0.05) is 45.0 Å². The van der Waals surface area contributed by atoms with Crippen molar-refractivity contribution in [3.05, 3.63) is 35.4 Å². The Bertz CT molecular complexity index is 333. The SMILES string of the molecule is CCC(C#N)c1cccc(C(C)C)c1. The van der Waals surface area contributed by atoms with Gasteiger partial charge < -0.3 is 0 Å². The molecule has 0 aliphatic rings. The Kier molecular flexibility index (Phi) is 3.71. The fourth-order valence-electron chi connectivity index (χ4n) is 1.54. The number of nitriles is 1. The first-order chi connectivity index (χ1) is 6.69. The van der Waals surface area contributed by atoms with Gasteiger partial charge in [0.15, 0.2) is 0 Å². The van der Waals surface area contributed by atoms with Gasteiger partial charge in [-0.15, -0.1) is 0 Å². The zero-order chi connectivity index (χ0) is 10.6. The van der Waals surface area contributed by atoms with Crippen LogP contribution in [0, 0.1) is 11.3 Å². The zero-order valence-corrected chi connectivity index (χ0v) is 9.12. The molecule has 1 unspecified atom stereocenters. The highest BCUT2D eigenvalue weighted by atomic mass is 14.3. The van der Waals surface area contributed by atoms with Gasteiger partial charge in [0.05, 0.1) is 12.0 Å². The minimum atomic E-state index is 0.0497. The van der Waals surface area contributed by atoms with E-state index in [9.17, 15) is 0 Å². The summed E-state index contributed by atoms with van der Waals surface area (Å²) in [5, 5.41) is 8.96. The minimum absolute atomic E-state index is 0.0497. The second-order valence-corrected chi connectivity index (χ2v) is 3.91. The molecule has 0 spiro atoms. The van der Waals surface area contributed by atoms with E-state index in [0.717, 1.165) is 12.0 Å². The lowest BCUT2D eigenvalue weighted by Crippen LogP contribution is -1.96. The van der Waals surface area contributed by atoms with E-state index in [2.05, 4.69) is 39.0 Å². The average Bonchev–Trinajstić information content (AvgIpc) is 2.20. The van der Waals surface area contributed by atoms with Gasteiger partial charge in [-0.25, -0.2) is 0 Å². The zero-order valence-electron chi connectivity index (χ0n) is 9.12. The Labute approximate surface area is 86.4 Å². The Morgan fingerprint density at radius 3 is 2.43 bits per heavy atom. The third kappa shape index (κ3) is 2.35. The van der Waals surface area contributed by atoms with Gasteiger partial charge >= 0.3 is 0 Å². The Balaban J connectivity index is 3.00. The van der Waals surface area contributed by atoms with Crippen LogP contribution in [0.15, 0.2) is 24.3 Å². The summed E-state index contributed by atoms with van der Waals surface area (Å²) in [6, 6.07) is 10.7. The van der Waals surface area contributed by atoms with Crippen LogP contribution >= 0.6 is 0 Å². The molecule has 1 aromatic carbocycles. The summed E-state index contributed by atoms with van der Waals surface area (Å²) in [4.78, 5) is 0. The molecule has 0 radical (unpaired) electrons. The molecule has 0 fully saturated rings. The fourth-order valence-corrected chi connectivity index (χ4v) is 1.54. The van der Waals surface area contributed by atoms with Crippen molar-refractivity contribution in [1.82, 2.24) is 0 Å². The van der Waals surface area contributed by atoms with Crippen LogP contribution in [0.25, 0.3) is 0 Å². The minimum Gasteiger partial charge on any atom is -0.198 e. The van der Waals surface area contributed by atoms with Crippen molar-refractivity contribution in [3.8, 4) is 6.07 Å². The maximum Gasteiger partial charge on any atom is 0.0710 e. The molecule has 1 nitrogen and oxygen atoms in total. The van der Waals surface area contributed by atoms with Crippen LogP contribution in [0.5, 0.6) is 0 Å². The highest BCUT2D eigenvalue weighted by molar-refractivity contribution is 5.31. The molecule has 74 valence electrons. The van der Waals surface area contributed by atoms with Crippen LogP contribution in [0.4, 0.5) is 0 Å². The maximum atomic E-state index is 8.96. The topological polar surface area (TPSA) is 23.8 Å². The van der Waals surface area contributed by atoms with Gasteiger partial charge in [0.1, 0.15) is 0 Å². The maximum absolute atomic E-state index is 8.96. The van der Waals surface area contributed by atoms with E-state index in [1.807, 2.05) is 12.1 Å². The van der Waals surface area contributed by atoms with Gasteiger partial charge in [0.2, 0.25) is 0 Å². The molecule has 1 heteroatoms. The van der Waals surface area contributed by atoms with Crippen LogP contribution in [0.1, 0.15) is 50.2 Å². The van der Waals surface area contributed by atoms with E-state index in [1.165, 1.54) is 5.56 Å². The quantitative estimate of drug-likeness (QED) is 0.705. The molecule has 1 aromatic rings. The van der Waals surface area contributed by atoms with Crippen molar-refractivity contribution in [3.63, 3.8) is 0 Å². The molecule has 1 atom stereocenters. The van der Waals surface area contributed by atoms with Gasteiger partial charge in [-0.2, -0.15) is 5.26 Å². The third-order valence-corrected chi connectivity index (χ3v) is 2.54. The molecular weight excluding hydrogens is 170 g/mol. The summed E-state index contributed by atoms with van der Waals surface area (Å²) in [5.41, 5.74) is 2.47. The van der Waals surface area contributed by atoms with Crippen LogP contribution in [-0.2, 0) is 0 Å². The Morgan fingerprint density at radius 1 is 1.29 bits per heavy atom. The first-order valence-electron chi connectivity index (χ1n) is 5.18. The molecule has 0 aliphatic heterocycles. The predicted molar refractivity (Wildman–Crippen MR) is 59.2 cm³/mol. The number of nitrogens with zero attached hydrogens (tertiary/aromatic N) is 1. The number of hydrogen-bond donors (Lipinski definition) is 0. The second-order valence-electron chi connectivity index (χ2n) is 3.91. The average molecular weight is 187 g/mol. The lowest BCUT2D eigenvalue weighted by atomic mass is 9.93. The highest BCUT2D eigenvalue weighted by Crippen LogP contribution is 2.22. The summed E-state index contributed by atoms with van der Waals surface area (Å²) in [6.07, 6.45) is 0.887. The van der Waals surface area contributed by atoms with Crippen LogP contribution in [0.3, 0.4) is 0 Å². The fraction of sp³-hybridized carbons (Fsp3) is 0.462. The summed E-state index contributed by atoms with van der Waals surface area (Å²) in [5.74, 6) is 0.583. The van der Waals surface area contributed by atoms with Gasteiger partial charge in [-0.05, 0) is 23.5 Å². The first-order valence-corrected chi connectivity index (χ1v) is 5.18. The van der Waals surface area contributed by atoms with Gasteiger partial charge in [0, 0.05) is 0 Å². The number of benzene rings is 1. The second kappa shape index (κ2) is 4.81. The summed E-state index contributed by atoms with van der Waals surface area (Å²) < 4.78 is 0. The van der Waals surface area contributed by atoms with E-state index in [1.54, 1.807) is 0 Å². The van der Waals surface area contributed by atoms with E-state index in [4.69, 9.17) is 5.26 Å². The van der Waals surface area contributed by atoms with Crippen molar-refractivity contribution in [2.75, 3.05) is 0 Å². The molecule has 0 heterocycles. The summed E-state index contributed by atoms with van der Waals surface area (Å²) >= 11 is 0. The van der Waals surface area contributed by atoms with Crippen molar-refractivity contribution < 1.29 is 0 Å². The van der Waals surface area contributed by atoms with E-state index in [-0.39, 0.29) is 5.92 Å². The smallest absolute Gasteiger partial charge is 0.0710 e. The molecule has 0 N–H and O–H groups in total. The summed E-state index contributed by atoms with van der Waals surface area (Å²) in [7, 11) is 0. The van der Waals surface area contributed by atoms with Crippen LogP contribution < -0.4 is 0 Å². The van der Waals surface area contributed by atoms with E-state index < -0.39 is 0 Å². The standard InChI is InChI=1S/C13H17N/c1-4-11(9-14)13-7-5-6-12(8-13)10(2)3/h5-8,10-11H,4H2,1-3H3. The van der Waals surface area contributed by atoms with E-state index in [0.29, 0.717) is 5.92 Å². The van der Waals surface area contributed by atoms with Crippen molar-refractivity contribution >= 4 is 0 Å². The molecule has 0 aromatic heterocycles. The molecule has 1 rings (SSSR count). The normalized spacial score (nSPS) is 12.5. The van der Waals surface area contributed by atoms with Gasteiger partial charge in [-0.3, -0.25) is 0 Å². The molecule has 0 saturated heterocycles. The molecular formula is C13H17N. The first kappa shape index (κ1) is 10.8. The Hall–Kier alpha value is -1.29. The molecule has 0 saturated carbocycles. The summed E-state index contributed by atoms with van der Waals surface area (Å²) in [6.45, 7) is 6.40. The van der Waals surface area contributed by atoms with Crippen molar-refractivity contribution in [1.29, 1.82) is 5.26 Å². The largest absolute Gasteiger partial charge is 0.198 e. The van der Waals surface area contributed by atoms with Gasteiger partial charge in [0.25, 0.3) is 0 Å². The van der Waals surface area contributed by atoms with Crippen LogP contribution in [0.2, 0.25) is 0 Å². The molecule has 0 aliphatic carbocycles. The van der Waals surface area contributed by atoms with Crippen LogP contribution in [-0.4, -0.2) is 0 Å². The molecule has 14 heavy (non-hydrogen) atoms. The number of hydrogen-bond acceptors (Lipinski definition) is 1. The van der Waals surface area contributed by atoms with Crippen molar-refractivity contribution in [2.45, 2.75) is 39.0 Å². The monoisotopic (exact) mass is 187 g/mol. The Morgan fingerprint density at radius 2 is 1.93 bits per heavy atom. The number of rotatable bonds is 3. The molecule has 0 bridgehead atoms. The third-order valence-electron chi connectivity index (χ3n) is 2.54. The lowest BCUT2D eigenvalue weighted by molar-refractivity contribution is 0.805. The lowest BCUT2D eigenvalue weighted by Gasteiger charge is -2.10. The highest BCUT2D eigenvalue weighted by Gasteiger charge is 2.08. The molecule has 0 amide bonds.